The molecule has 0 amide bonds. The van der Waals surface area contributed by atoms with Gasteiger partial charge in [-0.1, -0.05) is 60.5 Å². The third-order valence-electron chi connectivity index (χ3n) is 3.95. The fraction of sp³-hybridized carbons (Fsp3) is 0.0952. The lowest BCUT2D eigenvalue weighted by molar-refractivity contribution is 0.486. The molecule has 0 radical (unpaired) electrons. The molecule has 0 spiro atoms. The van der Waals surface area contributed by atoms with E-state index in [4.69, 9.17) is 27.4 Å². The summed E-state index contributed by atoms with van der Waals surface area (Å²) in [5.41, 5.74) is 2.64. The molecule has 4 nitrogen and oxygen atoms in total. The van der Waals surface area contributed by atoms with Gasteiger partial charge in [0.05, 0.1) is 15.7 Å². The second-order valence-electron chi connectivity index (χ2n) is 5.94. The molecule has 0 aromatic heterocycles. The number of rotatable bonds is 6. The van der Waals surface area contributed by atoms with Crippen LogP contribution < -0.4 is 4.18 Å². The average Bonchev–Trinajstić information content (AvgIpc) is 2.70. The first-order valence-corrected chi connectivity index (χ1v) is 10.7. The highest BCUT2D eigenvalue weighted by atomic mass is 35.5. The molecular weight excluding hydrogens is 417 g/mol. The smallest absolute Gasteiger partial charge is 0.339 e. The Balaban J connectivity index is 1.83. The summed E-state index contributed by atoms with van der Waals surface area (Å²) in [6, 6.07) is 18.7. The van der Waals surface area contributed by atoms with Crippen molar-refractivity contribution in [2.45, 2.75) is 18.2 Å². The van der Waals surface area contributed by atoms with E-state index in [1.165, 1.54) is 17.7 Å². The molecule has 0 heterocycles. The number of nitrogens with zero attached hydrogens (tertiary/aromatic N) is 1. The predicted molar refractivity (Wildman–Crippen MR) is 114 cm³/mol. The van der Waals surface area contributed by atoms with Gasteiger partial charge in [0.2, 0.25) is 0 Å². The summed E-state index contributed by atoms with van der Waals surface area (Å²) < 4.78 is 29.9. The van der Waals surface area contributed by atoms with Crippen molar-refractivity contribution < 1.29 is 12.6 Å². The van der Waals surface area contributed by atoms with E-state index in [0.717, 1.165) is 12.1 Å². The Kier molecular flexibility index (Phi) is 6.39. The summed E-state index contributed by atoms with van der Waals surface area (Å²) in [5.74, 6) is -0.114. The van der Waals surface area contributed by atoms with Crippen LogP contribution in [0.25, 0.3) is 0 Å². The van der Waals surface area contributed by atoms with Crippen LogP contribution in [0.15, 0.2) is 76.6 Å². The largest absolute Gasteiger partial charge is 0.376 e. The van der Waals surface area contributed by atoms with Crippen LogP contribution in [0.4, 0.5) is 5.69 Å². The van der Waals surface area contributed by atoms with Crippen LogP contribution in [0.2, 0.25) is 10.0 Å². The zero-order valence-electron chi connectivity index (χ0n) is 15.0. The number of benzene rings is 3. The Morgan fingerprint density at radius 3 is 2.14 bits per heavy atom. The highest BCUT2D eigenvalue weighted by molar-refractivity contribution is 7.87. The second kappa shape index (κ2) is 8.78. The van der Waals surface area contributed by atoms with Gasteiger partial charge in [0.25, 0.3) is 0 Å². The summed E-state index contributed by atoms with van der Waals surface area (Å²) in [4.78, 5) is 4.40. The Hall–Kier alpha value is -2.34. The van der Waals surface area contributed by atoms with Crippen molar-refractivity contribution in [2.75, 3.05) is 0 Å². The summed E-state index contributed by atoms with van der Waals surface area (Å²) in [6.07, 6.45) is 2.57. The van der Waals surface area contributed by atoms with Gasteiger partial charge < -0.3 is 4.18 Å². The van der Waals surface area contributed by atoms with E-state index in [9.17, 15) is 8.42 Å². The van der Waals surface area contributed by atoms with Gasteiger partial charge in [-0.3, -0.25) is 4.99 Å². The molecule has 3 aromatic rings. The van der Waals surface area contributed by atoms with E-state index in [2.05, 4.69) is 11.9 Å². The van der Waals surface area contributed by atoms with Crippen LogP contribution in [0.3, 0.4) is 0 Å². The molecule has 0 fully saturated rings. The van der Waals surface area contributed by atoms with Gasteiger partial charge in [-0.25, -0.2) is 0 Å². The maximum absolute atomic E-state index is 12.4. The monoisotopic (exact) mass is 433 g/mol. The molecule has 0 atom stereocenters. The molecule has 0 aliphatic heterocycles. The lowest BCUT2D eigenvalue weighted by Gasteiger charge is -2.11. The molecule has 0 saturated heterocycles. The van der Waals surface area contributed by atoms with Gasteiger partial charge in [-0.15, -0.1) is 0 Å². The van der Waals surface area contributed by atoms with Crippen molar-refractivity contribution in [1.29, 1.82) is 0 Å². The quantitative estimate of drug-likeness (QED) is 0.349. The first-order chi connectivity index (χ1) is 13.4. The Morgan fingerprint density at radius 1 is 0.964 bits per heavy atom. The molecule has 0 aliphatic rings. The highest BCUT2D eigenvalue weighted by Crippen LogP contribution is 2.36. The molecule has 3 rings (SSSR count). The zero-order chi connectivity index (χ0) is 20.1. The van der Waals surface area contributed by atoms with Crippen molar-refractivity contribution in [2.24, 2.45) is 4.99 Å². The van der Waals surface area contributed by atoms with Crippen LogP contribution in [0.5, 0.6) is 5.75 Å². The molecule has 0 bridgehead atoms. The normalized spacial score (nSPS) is 11.7. The van der Waals surface area contributed by atoms with E-state index >= 15 is 0 Å². The topological polar surface area (TPSA) is 55.7 Å². The van der Waals surface area contributed by atoms with Crippen molar-refractivity contribution in [1.82, 2.24) is 0 Å². The molecule has 28 heavy (non-hydrogen) atoms. The number of hydrogen-bond donors (Lipinski definition) is 0. The number of hydrogen-bond acceptors (Lipinski definition) is 4. The number of halogens is 2. The van der Waals surface area contributed by atoms with Gasteiger partial charge in [0.15, 0.2) is 5.75 Å². The minimum Gasteiger partial charge on any atom is -0.376 e. The summed E-state index contributed by atoms with van der Waals surface area (Å²) >= 11 is 12.4. The van der Waals surface area contributed by atoms with Crippen LogP contribution in [0.1, 0.15) is 18.1 Å². The summed E-state index contributed by atoms with van der Waals surface area (Å²) in [5, 5.41) is 0.157. The first-order valence-electron chi connectivity index (χ1n) is 8.50. The van der Waals surface area contributed by atoms with E-state index in [1.54, 1.807) is 36.5 Å². The average molecular weight is 434 g/mol. The van der Waals surface area contributed by atoms with Crippen LogP contribution in [-0.2, 0) is 16.5 Å². The van der Waals surface area contributed by atoms with E-state index in [1.807, 2.05) is 24.3 Å². The third-order valence-corrected chi connectivity index (χ3v) is 5.75. The fourth-order valence-electron chi connectivity index (χ4n) is 2.45. The lowest BCUT2D eigenvalue weighted by atomic mass is 10.1. The van der Waals surface area contributed by atoms with E-state index in [0.29, 0.717) is 5.56 Å². The van der Waals surface area contributed by atoms with E-state index < -0.39 is 10.1 Å². The molecule has 0 saturated carbocycles. The lowest BCUT2D eigenvalue weighted by Crippen LogP contribution is -2.10. The molecule has 0 N–H and O–H groups in total. The number of aliphatic imine (C=N–C) groups is 1. The SMILES string of the molecule is CCc1ccc(N=Cc2cc(Cl)c(OS(=O)(=O)c3ccccc3)c(Cl)c2)cc1. The summed E-state index contributed by atoms with van der Waals surface area (Å²) in [7, 11) is -4.04. The standard InChI is InChI=1S/C21H17Cl2NO3S/c1-2-15-8-10-17(11-9-15)24-14-16-12-19(22)21(20(23)13-16)27-28(25,26)18-6-4-3-5-7-18/h3-14H,2H2,1H3. The zero-order valence-corrected chi connectivity index (χ0v) is 17.3. The molecule has 7 heteroatoms. The molecular formula is C21H17Cl2NO3S. The maximum atomic E-state index is 12.4. The second-order valence-corrected chi connectivity index (χ2v) is 8.30. The molecule has 144 valence electrons. The van der Waals surface area contributed by atoms with Crippen LogP contribution in [-0.4, -0.2) is 14.6 Å². The fourth-order valence-corrected chi connectivity index (χ4v) is 4.10. The minimum atomic E-state index is -4.04. The highest BCUT2D eigenvalue weighted by Gasteiger charge is 2.20. The van der Waals surface area contributed by atoms with Crippen molar-refractivity contribution in [3.8, 4) is 5.75 Å². The van der Waals surface area contributed by atoms with Gasteiger partial charge in [0, 0.05) is 6.21 Å². The van der Waals surface area contributed by atoms with Crippen LogP contribution >= 0.6 is 23.2 Å². The number of aryl methyl sites for hydroxylation is 1. The van der Waals surface area contributed by atoms with Crippen molar-refractivity contribution in [3.63, 3.8) is 0 Å². The van der Waals surface area contributed by atoms with Gasteiger partial charge in [-0.2, -0.15) is 8.42 Å². The molecule has 0 aliphatic carbocycles. The third kappa shape index (κ3) is 4.93. The Bertz CT molecular complexity index is 1070. The van der Waals surface area contributed by atoms with Gasteiger partial charge >= 0.3 is 10.1 Å². The Labute approximate surface area is 174 Å². The van der Waals surface area contributed by atoms with Gasteiger partial charge in [0.1, 0.15) is 4.90 Å². The Morgan fingerprint density at radius 2 is 1.57 bits per heavy atom. The maximum Gasteiger partial charge on any atom is 0.339 e. The minimum absolute atomic E-state index is 0.0169. The van der Waals surface area contributed by atoms with Crippen molar-refractivity contribution in [3.05, 3.63) is 87.9 Å². The van der Waals surface area contributed by atoms with E-state index in [-0.39, 0.29) is 20.7 Å². The van der Waals surface area contributed by atoms with Crippen molar-refractivity contribution >= 4 is 45.2 Å². The van der Waals surface area contributed by atoms with Gasteiger partial charge in [-0.05, 0) is 53.9 Å². The molecule has 3 aromatic carbocycles. The first kappa shape index (κ1) is 20.4. The molecule has 0 unspecified atom stereocenters. The summed E-state index contributed by atoms with van der Waals surface area (Å²) in [6.45, 7) is 2.09. The predicted octanol–water partition coefficient (Wildman–Crippen LogP) is 6.07. The van der Waals surface area contributed by atoms with Crippen LogP contribution in [0, 0.1) is 0 Å².